The number of halogens is 1. The van der Waals surface area contributed by atoms with Gasteiger partial charge in [-0.3, -0.25) is 19.8 Å². The number of nitro benzene ring substituents is 1. The average Bonchev–Trinajstić information content (AvgIpc) is 3.12. The van der Waals surface area contributed by atoms with Gasteiger partial charge in [0, 0.05) is 12.1 Å². The van der Waals surface area contributed by atoms with E-state index in [0.29, 0.717) is 43.6 Å². The zero-order chi connectivity index (χ0) is 24.9. The van der Waals surface area contributed by atoms with Gasteiger partial charge in [-0.2, -0.15) is 0 Å². The highest BCUT2D eigenvalue weighted by molar-refractivity contribution is 8.27. The topological polar surface area (TPSA) is 81.9 Å². The number of thiocarbonyl (C=S) groups is 1. The molecule has 0 aliphatic carbocycles. The normalized spacial score (nSPS) is 14.5. The molecule has 35 heavy (non-hydrogen) atoms. The second kappa shape index (κ2) is 10.9. The van der Waals surface area contributed by atoms with Gasteiger partial charge in [-0.25, -0.2) is 0 Å². The van der Waals surface area contributed by atoms with E-state index in [1.54, 1.807) is 30.3 Å². The SMILES string of the molecule is CCOc1cc(/C=C2/SC(=S)N(c3ccccc3)C2=O)cc(Cl)c1OCc1ccc([N+](=O)[O-])cc1. The highest BCUT2D eigenvalue weighted by Gasteiger charge is 2.33. The van der Waals surface area contributed by atoms with Gasteiger partial charge in [0.25, 0.3) is 11.6 Å². The first-order valence-electron chi connectivity index (χ1n) is 10.5. The fourth-order valence-electron chi connectivity index (χ4n) is 3.36. The van der Waals surface area contributed by atoms with Crippen molar-refractivity contribution in [2.45, 2.75) is 13.5 Å². The molecule has 1 heterocycles. The minimum Gasteiger partial charge on any atom is -0.490 e. The number of hydrogen-bond donors (Lipinski definition) is 0. The monoisotopic (exact) mass is 526 g/mol. The Morgan fingerprint density at radius 3 is 2.49 bits per heavy atom. The fourth-order valence-corrected chi connectivity index (χ4v) is 4.94. The summed E-state index contributed by atoms with van der Waals surface area (Å²) in [5.74, 6) is 0.561. The van der Waals surface area contributed by atoms with Crippen LogP contribution >= 0.6 is 35.6 Å². The van der Waals surface area contributed by atoms with Crippen molar-refractivity contribution in [1.29, 1.82) is 0 Å². The summed E-state index contributed by atoms with van der Waals surface area (Å²) < 4.78 is 12.1. The lowest BCUT2D eigenvalue weighted by Gasteiger charge is -2.15. The van der Waals surface area contributed by atoms with E-state index in [0.717, 1.165) is 5.56 Å². The number of carbonyl (C=O) groups excluding carboxylic acids is 1. The molecule has 7 nitrogen and oxygen atoms in total. The van der Waals surface area contributed by atoms with Gasteiger partial charge in [-0.1, -0.05) is 53.8 Å². The molecule has 0 N–H and O–H groups in total. The number of anilines is 1. The first-order chi connectivity index (χ1) is 16.9. The Morgan fingerprint density at radius 1 is 1.11 bits per heavy atom. The Bertz CT molecular complexity index is 1310. The van der Waals surface area contributed by atoms with Gasteiger partial charge in [0.05, 0.1) is 27.1 Å². The summed E-state index contributed by atoms with van der Waals surface area (Å²) in [7, 11) is 0. The molecule has 10 heteroatoms. The molecule has 0 unspecified atom stereocenters. The van der Waals surface area contributed by atoms with Crippen LogP contribution in [0.3, 0.4) is 0 Å². The van der Waals surface area contributed by atoms with Crippen LogP contribution in [-0.2, 0) is 11.4 Å². The van der Waals surface area contributed by atoms with E-state index in [9.17, 15) is 14.9 Å². The number of benzene rings is 3. The van der Waals surface area contributed by atoms with Crippen molar-refractivity contribution in [2.75, 3.05) is 11.5 Å². The van der Waals surface area contributed by atoms with Crippen molar-refractivity contribution in [3.05, 3.63) is 97.9 Å². The van der Waals surface area contributed by atoms with Crippen molar-refractivity contribution in [1.82, 2.24) is 0 Å². The molecule has 1 fully saturated rings. The third-order valence-corrected chi connectivity index (χ3v) is 6.55. The summed E-state index contributed by atoms with van der Waals surface area (Å²) in [6.07, 6.45) is 1.72. The summed E-state index contributed by atoms with van der Waals surface area (Å²) in [5, 5.41) is 11.1. The number of carbonyl (C=O) groups is 1. The molecule has 3 aromatic carbocycles. The summed E-state index contributed by atoms with van der Waals surface area (Å²) in [5.41, 5.74) is 2.11. The third kappa shape index (κ3) is 5.64. The van der Waals surface area contributed by atoms with Gasteiger partial charge in [0.1, 0.15) is 6.61 Å². The van der Waals surface area contributed by atoms with Crippen molar-refractivity contribution in [3.8, 4) is 11.5 Å². The molecule has 0 bridgehead atoms. The van der Waals surface area contributed by atoms with Crippen LogP contribution in [0.2, 0.25) is 5.02 Å². The Kier molecular flexibility index (Phi) is 7.70. The van der Waals surface area contributed by atoms with Crippen LogP contribution in [0.5, 0.6) is 11.5 Å². The number of non-ortho nitro benzene ring substituents is 1. The Morgan fingerprint density at radius 2 is 1.83 bits per heavy atom. The molecular weight excluding hydrogens is 508 g/mol. The van der Waals surface area contributed by atoms with Gasteiger partial charge in [-0.05, 0) is 60.5 Å². The average molecular weight is 527 g/mol. The van der Waals surface area contributed by atoms with E-state index in [1.165, 1.54) is 28.8 Å². The van der Waals surface area contributed by atoms with Crippen LogP contribution in [0.4, 0.5) is 11.4 Å². The largest absolute Gasteiger partial charge is 0.490 e. The van der Waals surface area contributed by atoms with Gasteiger partial charge in [0.15, 0.2) is 15.8 Å². The molecule has 0 spiro atoms. The highest BCUT2D eigenvalue weighted by Crippen LogP contribution is 2.40. The molecule has 0 atom stereocenters. The standard InChI is InChI=1S/C25H19ClN2O5S2/c1-2-32-21-13-17(14-22-24(29)27(25(34)35-22)18-6-4-3-5-7-18)12-20(26)23(21)33-15-16-8-10-19(11-9-16)28(30)31/h3-14H,2,15H2,1H3/b22-14+. The van der Waals surface area contributed by atoms with Crippen LogP contribution in [0.25, 0.3) is 6.08 Å². The van der Waals surface area contributed by atoms with Crippen molar-refractivity contribution in [3.63, 3.8) is 0 Å². The molecule has 0 aromatic heterocycles. The molecule has 1 aliphatic rings. The minimum absolute atomic E-state index is 0.00354. The maximum Gasteiger partial charge on any atom is 0.270 e. The maximum absolute atomic E-state index is 13.0. The predicted octanol–water partition coefficient (Wildman–Crippen LogP) is 6.63. The van der Waals surface area contributed by atoms with Crippen LogP contribution in [-0.4, -0.2) is 21.8 Å². The van der Waals surface area contributed by atoms with Crippen LogP contribution in [0.1, 0.15) is 18.1 Å². The quantitative estimate of drug-likeness (QED) is 0.141. The molecule has 1 saturated heterocycles. The van der Waals surface area contributed by atoms with Crippen LogP contribution in [0.15, 0.2) is 71.6 Å². The smallest absolute Gasteiger partial charge is 0.270 e. The number of hydrogen-bond acceptors (Lipinski definition) is 7. The number of amides is 1. The lowest BCUT2D eigenvalue weighted by molar-refractivity contribution is -0.384. The summed E-state index contributed by atoms with van der Waals surface area (Å²) in [6.45, 7) is 2.36. The Balaban J connectivity index is 1.57. The summed E-state index contributed by atoms with van der Waals surface area (Å²) in [6, 6.07) is 18.7. The lowest BCUT2D eigenvalue weighted by Crippen LogP contribution is -2.27. The number of nitrogens with zero attached hydrogens (tertiary/aromatic N) is 2. The van der Waals surface area contributed by atoms with E-state index >= 15 is 0 Å². The number of rotatable bonds is 8. The minimum atomic E-state index is -0.457. The first-order valence-corrected chi connectivity index (χ1v) is 12.1. The van der Waals surface area contributed by atoms with Gasteiger partial charge >= 0.3 is 0 Å². The zero-order valence-electron chi connectivity index (χ0n) is 18.5. The molecule has 4 rings (SSSR count). The molecule has 1 aliphatic heterocycles. The number of para-hydroxylation sites is 1. The van der Waals surface area contributed by atoms with Crippen molar-refractivity contribution >= 4 is 63.3 Å². The van der Waals surface area contributed by atoms with E-state index in [1.807, 2.05) is 37.3 Å². The van der Waals surface area contributed by atoms with Crippen molar-refractivity contribution in [2.24, 2.45) is 0 Å². The molecule has 178 valence electrons. The Hall–Kier alpha value is -3.40. The molecule has 0 saturated carbocycles. The predicted molar refractivity (Wildman–Crippen MR) is 142 cm³/mol. The third-order valence-electron chi connectivity index (χ3n) is 4.97. The highest BCUT2D eigenvalue weighted by atomic mass is 35.5. The Labute approximate surface area is 216 Å². The van der Waals surface area contributed by atoms with Crippen LogP contribution in [0, 0.1) is 10.1 Å². The number of nitro groups is 1. The van der Waals surface area contributed by atoms with Crippen molar-refractivity contribution < 1.29 is 19.2 Å². The van der Waals surface area contributed by atoms with Gasteiger partial charge < -0.3 is 9.47 Å². The van der Waals surface area contributed by atoms with E-state index in [4.69, 9.17) is 33.3 Å². The molecule has 3 aromatic rings. The van der Waals surface area contributed by atoms with E-state index in [-0.39, 0.29) is 18.2 Å². The maximum atomic E-state index is 13.0. The summed E-state index contributed by atoms with van der Waals surface area (Å²) >= 11 is 13.2. The molecule has 1 amide bonds. The van der Waals surface area contributed by atoms with E-state index in [2.05, 4.69) is 0 Å². The molecule has 0 radical (unpaired) electrons. The summed E-state index contributed by atoms with van der Waals surface area (Å²) in [4.78, 5) is 25.4. The number of thioether (sulfide) groups is 1. The number of ether oxygens (including phenoxy) is 2. The molecular formula is C25H19ClN2O5S2. The fraction of sp³-hybridized carbons (Fsp3) is 0.120. The van der Waals surface area contributed by atoms with Gasteiger partial charge in [-0.15, -0.1) is 0 Å². The first kappa shape index (κ1) is 24.7. The zero-order valence-corrected chi connectivity index (χ0v) is 20.9. The second-order valence-corrected chi connectivity index (χ2v) is 9.41. The second-order valence-electron chi connectivity index (χ2n) is 7.33. The van der Waals surface area contributed by atoms with Crippen LogP contribution < -0.4 is 14.4 Å². The van der Waals surface area contributed by atoms with E-state index < -0.39 is 4.92 Å². The van der Waals surface area contributed by atoms with Gasteiger partial charge in [0.2, 0.25) is 0 Å². The lowest BCUT2D eigenvalue weighted by atomic mass is 10.1.